The van der Waals surface area contributed by atoms with E-state index in [4.69, 9.17) is 66.2 Å². The Bertz CT molecular complexity index is 1860. The third kappa shape index (κ3) is 14.1. The van der Waals surface area contributed by atoms with Gasteiger partial charge in [0.1, 0.15) is 17.2 Å². The largest absolute Gasteiger partial charge is 0.497 e. The molecular weight excluding hydrogens is 773 g/mol. The lowest BCUT2D eigenvalue weighted by atomic mass is 9.88. The van der Waals surface area contributed by atoms with E-state index in [0.717, 1.165) is 51.6 Å². The standard InChI is InChI=1S/3C16H18ClNO/c3*1-19-15-7-3-5-13(11-15)16(8-9-18)12-4-2-6-14(17)10-12/h3*2-7,10-11,16H,8-9,18H2,1H3/t2*16-;/m10./s1. The van der Waals surface area contributed by atoms with Gasteiger partial charge >= 0.3 is 0 Å². The molecule has 6 N–H and O–H groups in total. The predicted octanol–water partition coefficient (Wildman–Crippen LogP) is 11.5. The summed E-state index contributed by atoms with van der Waals surface area (Å²) in [6.07, 6.45) is 2.65. The molecular formula is C48H54Cl3N3O3. The predicted molar refractivity (Wildman–Crippen MR) is 240 cm³/mol. The maximum Gasteiger partial charge on any atom is 0.119 e. The van der Waals surface area contributed by atoms with Crippen molar-refractivity contribution in [2.24, 2.45) is 17.2 Å². The van der Waals surface area contributed by atoms with Crippen LogP contribution in [0.2, 0.25) is 15.1 Å². The molecule has 6 aromatic rings. The molecule has 0 aliphatic carbocycles. The summed E-state index contributed by atoms with van der Waals surface area (Å²) in [5.74, 6) is 3.33. The van der Waals surface area contributed by atoms with E-state index in [2.05, 4.69) is 54.6 Å². The highest BCUT2D eigenvalue weighted by Crippen LogP contribution is 2.33. The molecule has 0 radical (unpaired) electrons. The molecule has 300 valence electrons. The number of rotatable bonds is 15. The van der Waals surface area contributed by atoms with E-state index in [-0.39, 0.29) is 17.8 Å². The molecule has 0 heterocycles. The molecule has 0 fully saturated rings. The second kappa shape index (κ2) is 24.3. The summed E-state index contributed by atoms with van der Waals surface area (Å²) in [6.45, 7) is 1.90. The van der Waals surface area contributed by atoms with Gasteiger partial charge in [-0.1, -0.05) is 108 Å². The van der Waals surface area contributed by atoms with Crippen LogP contribution in [0.4, 0.5) is 0 Å². The number of hydrogen-bond acceptors (Lipinski definition) is 6. The molecule has 0 saturated heterocycles. The SMILES string of the molecule is COc1cccc(C(CCN)c2cccc(Cl)c2)c1.COc1cccc([C@@H](CCN)c2cccc(Cl)c2)c1.COc1cccc([C@H](CCN)c2cccc(Cl)c2)c1. The Kier molecular flexibility index (Phi) is 19.2. The number of benzene rings is 6. The van der Waals surface area contributed by atoms with Gasteiger partial charge < -0.3 is 31.4 Å². The summed E-state index contributed by atoms with van der Waals surface area (Å²) in [4.78, 5) is 0. The van der Waals surface area contributed by atoms with Crippen LogP contribution in [0.3, 0.4) is 0 Å². The normalized spacial score (nSPS) is 12.2. The molecule has 1 unspecified atom stereocenters. The third-order valence-electron chi connectivity index (χ3n) is 9.61. The number of hydrogen-bond donors (Lipinski definition) is 3. The highest BCUT2D eigenvalue weighted by Gasteiger charge is 2.17. The first-order chi connectivity index (χ1) is 27.7. The molecule has 57 heavy (non-hydrogen) atoms. The zero-order valence-corrected chi connectivity index (χ0v) is 35.2. The molecule has 0 aromatic heterocycles. The maximum atomic E-state index is 6.08. The van der Waals surface area contributed by atoms with Crippen LogP contribution in [0.1, 0.15) is 70.4 Å². The van der Waals surface area contributed by atoms with Crippen molar-refractivity contribution < 1.29 is 14.2 Å². The number of halogens is 3. The quantitative estimate of drug-likeness (QED) is 0.0952. The first kappa shape index (κ1) is 45.2. The first-order valence-electron chi connectivity index (χ1n) is 19.0. The molecule has 6 aromatic carbocycles. The van der Waals surface area contributed by atoms with Crippen LogP contribution in [-0.4, -0.2) is 41.0 Å². The van der Waals surface area contributed by atoms with Crippen molar-refractivity contribution in [3.63, 3.8) is 0 Å². The van der Waals surface area contributed by atoms with Gasteiger partial charge in [-0.05, 0) is 145 Å². The van der Waals surface area contributed by atoms with Crippen molar-refractivity contribution in [2.45, 2.75) is 37.0 Å². The first-order valence-corrected chi connectivity index (χ1v) is 20.1. The van der Waals surface area contributed by atoms with Crippen molar-refractivity contribution in [3.05, 3.63) is 194 Å². The van der Waals surface area contributed by atoms with E-state index in [1.54, 1.807) is 21.3 Å². The molecule has 0 aliphatic rings. The van der Waals surface area contributed by atoms with E-state index in [1.165, 1.54) is 33.4 Å². The second-order valence-electron chi connectivity index (χ2n) is 13.4. The Morgan fingerprint density at radius 1 is 0.368 bits per heavy atom. The lowest BCUT2D eigenvalue weighted by Crippen LogP contribution is -2.09. The van der Waals surface area contributed by atoms with E-state index in [1.807, 2.05) is 91.0 Å². The Balaban J connectivity index is 0.000000189. The van der Waals surface area contributed by atoms with Gasteiger partial charge in [0.25, 0.3) is 0 Å². The van der Waals surface area contributed by atoms with Crippen molar-refractivity contribution >= 4 is 34.8 Å². The number of nitrogens with two attached hydrogens (primary N) is 3. The van der Waals surface area contributed by atoms with Crippen LogP contribution in [0.5, 0.6) is 17.2 Å². The van der Waals surface area contributed by atoms with Crippen LogP contribution in [0, 0.1) is 0 Å². The summed E-state index contributed by atoms with van der Waals surface area (Å²) in [5.41, 5.74) is 24.4. The van der Waals surface area contributed by atoms with E-state index in [9.17, 15) is 0 Å². The summed E-state index contributed by atoms with van der Waals surface area (Å²) in [7, 11) is 5.03. The fraction of sp³-hybridized carbons (Fsp3) is 0.250. The van der Waals surface area contributed by atoms with Crippen LogP contribution >= 0.6 is 34.8 Å². The monoisotopic (exact) mass is 825 g/mol. The van der Waals surface area contributed by atoms with Crippen molar-refractivity contribution in [1.29, 1.82) is 0 Å². The van der Waals surface area contributed by atoms with Gasteiger partial charge in [0.15, 0.2) is 0 Å². The fourth-order valence-electron chi connectivity index (χ4n) is 6.82. The van der Waals surface area contributed by atoms with Gasteiger partial charge in [-0.3, -0.25) is 0 Å². The van der Waals surface area contributed by atoms with Gasteiger partial charge in [0.05, 0.1) is 21.3 Å². The number of ether oxygens (including phenoxy) is 3. The van der Waals surface area contributed by atoms with E-state index in [0.29, 0.717) is 19.6 Å². The van der Waals surface area contributed by atoms with Crippen LogP contribution in [0.25, 0.3) is 0 Å². The average molecular weight is 827 g/mol. The summed E-state index contributed by atoms with van der Waals surface area (Å²) >= 11 is 18.2. The van der Waals surface area contributed by atoms with Gasteiger partial charge in [-0.25, -0.2) is 0 Å². The zero-order chi connectivity index (χ0) is 41.0. The molecule has 6 nitrogen and oxygen atoms in total. The smallest absolute Gasteiger partial charge is 0.119 e. The lowest BCUT2D eigenvalue weighted by Gasteiger charge is -2.18. The summed E-state index contributed by atoms with van der Waals surface area (Å²) < 4.78 is 15.9. The topological polar surface area (TPSA) is 106 Å². The molecule has 6 rings (SSSR count). The minimum atomic E-state index is 0.249. The van der Waals surface area contributed by atoms with Crippen LogP contribution in [-0.2, 0) is 0 Å². The Hall–Kier alpha value is -4.53. The highest BCUT2D eigenvalue weighted by atomic mass is 35.5. The van der Waals surface area contributed by atoms with Crippen molar-refractivity contribution in [2.75, 3.05) is 41.0 Å². The van der Waals surface area contributed by atoms with E-state index < -0.39 is 0 Å². The average Bonchev–Trinajstić information content (AvgIpc) is 3.24. The molecule has 0 aliphatic heterocycles. The second-order valence-corrected chi connectivity index (χ2v) is 14.7. The summed E-state index contributed by atoms with van der Waals surface area (Å²) in [6, 6.07) is 48.2. The van der Waals surface area contributed by atoms with E-state index >= 15 is 0 Å². The lowest BCUT2D eigenvalue weighted by molar-refractivity contribution is 0.414. The van der Waals surface area contributed by atoms with Crippen LogP contribution in [0.15, 0.2) is 146 Å². The maximum absolute atomic E-state index is 6.08. The Morgan fingerprint density at radius 2 is 0.596 bits per heavy atom. The molecule has 0 bridgehead atoms. The molecule has 0 amide bonds. The van der Waals surface area contributed by atoms with Gasteiger partial charge in [0, 0.05) is 32.8 Å². The fourth-order valence-corrected chi connectivity index (χ4v) is 7.42. The summed E-state index contributed by atoms with van der Waals surface area (Å²) in [5, 5.41) is 2.26. The number of methoxy groups -OCH3 is 3. The molecule has 3 atom stereocenters. The van der Waals surface area contributed by atoms with Gasteiger partial charge in [0.2, 0.25) is 0 Å². The minimum absolute atomic E-state index is 0.249. The van der Waals surface area contributed by atoms with Gasteiger partial charge in [-0.15, -0.1) is 0 Å². The Morgan fingerprint density at radius 3 is 0.807 bits per heavy atom. The molecule has 0 spiro atoms. The third-order valence-corrected chi connectivity index (χ3v) is 10.3. The molecule has 0 saturated carbocycles. The highest BCUT2D eigenvalue weighted by molar-refractivity contribution is 6.31. The van der Waals surface area contributed by atoms with Crippen molar-refractivity contribution in [3.8, 4) is 17.2 Å². The van der Waals surface area contributed by atoms with Crippen LogP contribution < -0.4 is 31.4 Å². The van der Waals surface area contributed by atoms with Gasteiger partial charge in [-0.2, -0.15) is 0 Å². The molecule has 9 heteroatoms. The minimum Gasteiger partial charge on any atom is -0.497 e. The Labute approximate surface area is 353 Å². The zero-order valence-electron chi connectivity index (χ0n) is 32.9. The van der Waals surface area contributed by atoms with Crippen molar-refractivity contribution in [1.82, 2.24) is 0 Å².